The summed E-state index contributed by atoms with van der Waals surface area (Å²) < 4.78 is 0. The molecule has 0 bridgehead atoms. The van der Waals surface area contributed by atoms with E-state index in [1.165, 1.54) is 0 Å². The molecule has 2 rings (SSSR count). The summed E-state index contributed by atoms with van der Waals surface area (Å²) in [6.07, 6.45) is 1.86. The van der Waals surface area contributed by atoms with Crippen molar-refractivity contribution in [1.29, 1.82) is 0 Å². The summed E-state index contributed by atoms with van der Waals surface area (Å²) in [7, 11) is 0. The van der Waals surface area contributed by atoms with Gasteiger partial charge in [0.05, 0.1) is 4.92 Å². The van der Waals surface area contributed by atoms with Crippen LogP contribution < -0.4 is 11.1 Å². The second-order valence-electron chi connectivity index (χ2n) is 4.39. The monoisotopic (exact) mass is 221 g/mol. The quantitative estimate of drug-likeness (QED) is 0.602. The molecule has 5 heteroatoms. The maximum absolute atomic E-state index is 10.7. The zero-order valence-corrected chi connectivity index (χ0v) is 9.14. The maximum Gasteiger partial charge on any atom is 0.271 e. The molecule has 0 amide bonds. The number of nitrogens with one attached hydrogen (secondary N) is 1. The number of nitrogens with two attached hydrogens (primary N) is 1. The highest BCUT2D eigenvalue weighted by Crippen LogP contribution is 2.26. The summed E-state index contributed by atoms with van der Waals surface area (Å²) in [5.74, 6) is 0. The lowest BCUT2D eigenvalue weighted by Gasteiger charge is -2.33. The molecule has 0 heterocycles. The van der Waals surface area contributed by atoms with Crippen LogP contribution in [-0.2, 0) is 0 Å². The number of nitro groups is 1. The summed E-state index contributed by atoms with van der Waals surface area (Å²) >= 11 is 0. The largest absolute Gasteiger partial charge is 0.382 e. The lowest BCUT2D eigenvalue weighted by molar-refractivity contribution is -0.384. The normalized spacial score (nSPS) is 23.6. The van der Waals surface area contributed by atoms with Crippen LogP contribution in [-0.4, -0.2) is 17.0 Å². The minimum atomic E-state index is -0.370. The second-order valence-corrected chi connectivity index (χ2v) is 4.39. The number of non-ortho nitro benzene ring substituents is 1. The molecule has 86 valence electrons. The summed E-state index contributed by atoms with van der Waals surface area (Å²) in [5.41, 5.74) is 7.51. The van der Waals surface area contributed by atoms with Crippen molar-refractivity contribution >= 4 is 11.4 Å². The van der Waals surface area contributed by atoms with E-state index in [0.29, 0.717) is 6.04 Å². The second kappa shape index (κ2) is 4.09. The van der Waals surface area contributed by atoms with Crippen molar-refractivity contribution in [3.63, 3.8) is 0 Å². The molecule has 0 saturated heterocycles. The SMILES string of the molecule is Cc1cc(NC2CC(N)C2)cc([N+](=O)[O-])c1. The van der Waals surface area contributed by atoms with E-state index in [1.807, 2.05) is 13.0 Å². The highest BCUT2D eigenvalue weighted by molar-refractivity contribution is 5.54. The fraction of sp³-hybridized carbons (Fsp3) is 0.455. The van der Waals surface area contributed by atoms with Gasteiger partial charge in [-0.1, -0.05) is 0 Å². The molecule has 0 spiro atoms. The van der Waals surface area contributed by atoms with Crippen LogP contribution in [0.3, 0.4) is 0 Å². The van der Waals surface area contributed by atoms with Crippen molar-refractivity contribution < 1.29 is 4.92 Å². The van der Waals surface area contributed by atoms with Crippen molar-refractivity contribution in [2.75, 3.05) is 5.32 Å². The fourth-order valence-electron chi connectivity index (χ4n) is 1.97. The maximum atomic E-state index is 10.7. The number of hydrogen-bond donors (Lipinski definition) is 2. The molecular weight excluding hydrogens is 206 g/mol. The van der Waals surface area contributed by atoms with E-state index in [9.17, 15) is 10.1 Å². The molecule has 0 atom stereocenters. The van der Waals surface area contributed by atoms with E-state index in [-0.39, 0.29) is 16.7 Å². The number of hydrogen-bond acceptors (Lipinski definition) is 4. The topological polar surface area (TPSA) is 81.2 Å². The summed E-state index contributed by atoms with van der Waals surface area (Å²) in [6.45, 7) is 1.85. The lowest BCUT2D eigenvalue weighted by Crippen LogP contribution is -2.44. The van der Waals surface area contributed by atoms with Crippen LogP contribution in [0.2, 0.25) is 0 Å². The Balaban J connectivity index is 2.11. The highest BCUT2D eigenvalue weighted by Gasteiger charge is 2.25. The summed E-state index contributed by atoms with van der Waals surface area (Å²) in [4.78, 5) is 10.3. The Morgan fingerprint density at radius 2 is 2.12 bits per heavy atom. The zero-order chi connectivity index (χ0) is 11.7. The van der Waals surface area contributed by atoms with Gasteiger partial charge in [-0.25, -0.2) is 0 Å². The number of anilines is 1. The van der Waals surface area contributed by atoms with Gasteiger partial charge in [-0.05, 0) is 31.4 Å². The van der Waals surface area contributed by atoms with Crippen molar-refractivity contribution in [3.8, 4) is 0 Å². The van der Waals surface area contributed by atoms with E-state index in [0.717, 1.165) is 24.1 Å². The van der Waals surface area contributed by atoms with E-state index < -0.39 is 0 Å². The molecule has 1 aliphatic rings. The van der Waals surface area contributed by atoms with Crippen LogP contribution in [0.25, 0.3) is 0 Å². The highest BCUT2D eigenvalue weighted by atomic mass is 16.6. The molecule has 1 fully saturated rings. The fourth-order valence-corrected chi connectivity index (χ4v) is 1.97. The third-order valence-corrected chi connectivity index (χ3v) is 2.82. The van der Waals surface area contributed by atoms with Gasteiger partial charge in [-0.2, -0.15) is 0 Å². The van der Waals surface area contributed by atoms with Crippen molar-refractivity contribution in [1.82, 2.24) is 0 Å². The summed E-state index contributed by atoms with van der Waals surface area (Å²) in [6, 6.07) is 5.68. The van der Waals surface area contributed by atoms with E-state index in [1.54, 1.807) is 12.1 Å². The van der Waals surface area contributed by atoms with Crippen LogP contribution in [0.5, 0.6) is 0 Å². The molecule has 0 radical (unpaired) electrons. The van der Waals surface area contributed by atoms with Gasteiger partial charge < -0.3 is 11.1 Å². The average molecular weight is 221 g/mol. The number of aryl methyl sites for hydroxylation is 1. The summed E-state index contributed by atoms with van der Waals surface area (Å²) in [5, 5.41) is 13.9. The van der Waals surface area contributed by atoms with E-state index in [2.05, 4.69) is 5.32 Å². The number of nitro benzene ring substituents is 1. The molecule has 1 aromatic rings. The lowest BCUT2D eigenvalue weighted by atomic mass is 9.87. The molecule has 0 aliphatic heterocycles. The third kappa shape index (κ3) is 2.30. The Bertz CT molecular complexity index is 414. The van der Waals surface area contributed by atoms with Gasteiger partial charge in [0.2, 0.25) is 0 Å². The predicted octanol–water partition coefficient (Wildman–Crippen LogP) is 1.80. The van der Waals surface area contributed by atoms with Crippen LogP contribution in [0, 0.1) is 17.0 Å². The van der Waals surface area contributed by atoms with Gasteiger partial charge in [0.15, 0.2) is 0 Å². The molecule has 0 aromatic heterocycles. The van der Waals surface area contributed by atoms with Gasteiger partial charge in [-0.15, -0.1) is 0 Å². The predicted molar refractivity (Wildman–Crippen MR) is 62.5 cm³/mol. The first-order valence-electron chi connectivity index (χ1n) is 5.33. The van der Waals surface area contributed by atoms with Crippen LogP contribution in [0.1, 0.15) is 18.4 Å². The smallest absolute Gasteiger partial charge is 0.271 e. The Morgan fingerprint density at radius 1 is 1.44 bits per heavy atom. The molecule has 0 unspecified atom stereocenters. The first-order chi connectivity index (χ1) is 7.54. The first kappa shape index (κ1) is 10.9. The standard InChI is InChI=1S/C11H15N3O2/c1-7-2-9(6-11(3-7)14(15)16)13-10-4-8(12)5-10/h2-3,6,8,10,13H,4-5,12H2,1H3. The minimum absolute atomic E-state index is 0.131. The van der Waals surface area contributed by atoms with Crippen LogP contribution >= 0.6 is 0 Å². The van der Waals surface area contributed by atoms with E-state index >= 15 is 0 Å². The minimum Gasteiger partial charge on any atom is -0.382 e. The molecule has 5 nitrogen and oxygen atoms in total. The molecule has 16 heavy (non-hydrogen) atoms. The van der Waals surface area contributed by atoms with Crippen LogP contribution in [0.4, 0.5) is 11.4 Å². The molecule has 1 aliphatic carbocycles. The van der Waals surface area contributed by atoms with Crippen molar-refractivity contribution in [2.45, 2.75) is 31.8 Å². The van der Waals surface area contributed by atoms with Gasteiger partial charge in [-0.3, -0.25) is 10.1 Å². The molecule has 3 N–H and O–H groups in total. The Labute approximate surface area is 93.8 Å². The molecule has 1 saturated carbocycles. The van der Waals surface area contributed by atoms with Gasteiger partial charge >= 0.3 is 0 Å². The van der Waals surface area contributed by atoms with Crippen molar-refractivity contribution in [3.05, 3.63) is 33.9 Å². The average Bonchev–Trinajstić information content (AvgIpc) is 2.14. The Hall–Kier alpha value is -1.62. The van der Waals surface area contributed by atoms with Gasteiger partial charge in [0.25, 0.3) is 5.69 Å². The number of nitrogens with zero attached hydrogens (tertiary/aromatic N) is 1. The van der Waals surface area contributed by atoms with E-state index in [4.69, 9.17) is 5.73 Å². The molecule has 1 aromatic carbocycles. The number of benzene rings is 1. The van der Waals surface area contributed by atoms with Crippen LogP contribution in [0.15, 0.2) is 18.2 Å². The van der Waals surface area contributed by atoms with Crippen molar-refractivity contribution in [2.24, 2.45) is 5.73 Å². The Morgan fingerprint density at radius 3 is 2.69 bits per heavy atom. The number of rotatable bonds is 3. The van der Waals surface area contributed by atoms with Gasteiger partial charge in [0.1, 0.15) is 0 Å². The Kier molecular flexibility index (Phi) is 2.78. The first-order valence-corrected chi connectivity index (χ1v) is 5.33. The van der Waals surface area contributed by atoms with Gasteiger partial charge in [0, 0.05) is 29.9 Å². The zero-order valence-electron chi connectivity index (χ0n) is 9.14. The third-order valence-electron chi connectivity index (χ3n) is 2.82. The molecular formula is C11H15N3O2.